The normalized spacial score (nSPS) is 15.7. The minimum Gasteiger partial charge on any atom is -0.476 e. The van der Waals surface area contributed by atoms with E-state index < -0.39 is 5.97 Å². The van der Waals surface area contributed by atoms with Gasteiger partial charge in [-0.15, -0.1) is 0 Å². The van der Waals surface area contributed by atoms with Crippen LogP contribution in [-0.4, -0.2) is 33.7 Å². The monoisotopic (exact) mass is 490 g/mol. The summed E-state index contributed by atoms with van der Waals surface area (Å²) in [6.07, 6.45) is 5.01. The molecule has 182 valence electrons. The number of carbonyl (C=O) groups is 1. The van der Waals surface area contributed by atoms with Crippen molar-refractivity contribution in [2.75, 3.05) is 18.0 Å². The van der Waals surface area contributed by atoms with E-state index in [0.29, 0.717) is 30.3 Å². The van der Waals surface area contributed by atoms with Crippen LogP contribution in [0.5, 0.6) is 0 Å². The number of imidazole rings is 1. The summed E-state index contributed by atoms with van der Waals surface area (Å²) in [6.45, 7) is 6.81. The van der Waals surface area contributed by atoms with E-state index in [1.165, 1.54) is 12.8 Å². The molecule has 0 unspecified atom stereocenters. The zero-order chi connectivity index (χ0) is 24.9. The highest BCUT2D eigenvalue weighted by Crippen LogP contribution is 2.31. The van der Waals surface area contributed by atoms with Gasteiger partial charge in [0.05, 0.1) is 11.6 Å². The molecule has 1 saturated heterocycles. The summed E-state index contributed by atoms with van der Waals surface area (Å²) in [5.74, 6) is 0.273. The van der Waals surface area contributed by atoms with Crippen LogP contribution in [0.3, 0.4) is 0 Å². The lowest BCUT2D eigenvalue weighted by atomic mass is 9.96. The molecule has 1 fully saturated rings. The molecule has 1 N–H and O–H groups in total. The molecule has 35 heavy (non-hydrogen) atoms. The van der Waals surface area contributed by atoms with Crippen molar-refractivity contribution in [1.29, 1.82) is 5.26 Å². The van der Waals surface area contributed by atoms with Crippen LogP contribution < -0.4 is 4.90 Å². The Labute approximate surface area is 211 Å². The number of aromatic carboxylic acids is 1. The van der Waals surface area contributed by atoms with E-state index in [9.17, 15) is 15.2 Å². The fourth-order valence-electron chi connectivity index (χ4n) is 4.83. The van der Waals surface area contributed by atoms with Gasteiger partial charge in [-0.2, -0.15) is 5.26 Å². The molecule has 1 aliphatic heterocycles. The molecule has 4 rings (SSSR count). The van der Waals surface area contributed by atoms with E-state index in [1.54, 1.807) is 4.57 Å². The van der Waals surface area contributed by atoms with Crippen molar-refractivity contribution >= 4 is 23.3 Å². The predicted octanol–water partition coefficient (Wildman–Crippen LogP) is 6.40. The van der Waals surface area contributed by atoms with Gasteiger partial charge in [-0.3, -0.25) is 0 Å². The number of rotatable bonds is 8. The van der Waals surface area contributed by atoms with Crippen molar-refractivity contribution in [1.82, 2.24) is 9.55 Å². The van der Waals surface area contributed by atoms with Crippen LogP contribution in [0.1, 0.15) is 67.0 Å². The summed E-state index contributed by atoms with van der Waals surface area (Å²) in [7, 11) is 0. The van der Waals surface area contributed by atoms with E-state index in [2.05, 4.69) is 35.9 Å². The number of aryl methyl sites for hydroxylation is 1. The van der Waals surface area contributed by atoms with Gasteiger partial charge in [-0.1, -0.05) is 56.1 Å². The van der Waals surface area contributed by atoms with Gasteiger partial charge in [0, 0.05) is 37.3 Å². The standard InChI is InChI=1S/C28H31ClN4O2/c1-3-4-7-25-31-27(29)26(28(34)35)33(25)18-20-8-10-21(11-9-20)24-15-23(13-12-22(24)16-30)32-14-5-6-19(2)17-32/h8-13,15,19H,3-7,14,17-18H2,1-2H3,(H,34,35)/t19-/m0/s1. The Morgan fingerprint density at radius 3 is 2.69 bits per heavy atom. The maximum atomic E-state index is 11.8. The number of hydrogen-bond acceptors (Lipinski definition) is 4. The van der Waals surface area contributed by atoms with Gasteiger partial charge in [0.2, 0.25) is 0 Å². The van der Waals surface area contributed by atoms with Crippen molar-refractivity contribution in [2.24, 2.45) is 5.92 Å². The van der Waals surface area contributed by atoms with Crippen molar-refractivity contribution < 1.29 is 9.90 Å². The molecule has 7 heteroatoms. The number of aromatic nitrogens is 2. The van der Waals surface area contributed by atoms with Crippen molar-refractivity contribution in [3.05, 3.63) is 70.3 Å². The maximum absolute atomic E-state index is 11.8. The lowest BCUT2D eigenvalue weighted by Gasteiger charge is -2.33. The third-order valence-electron chi connectivity index (χ3n) is 6.71. The van der Waals surface area contributed by atoms with Crippen LogP contribution in [0.25, 0.3) is 11.1 Å². The Hall–Kier alpha value is -3.30. The van der Waals surface area contributed by atoms with Crippen LogP contribution in [0.4, 0.5) is 5.69 Å². The first-order valence-electron chi connectivity index (χ1n) is 12.3. The Kier molecular flexibility index (Phi) is 7.77. The number of benzene rings is 2. The second-order valence-electron chi connectivity index (χ2n) is 9.39. The van der Waals surface area contributed by atoms with Crippen LogP contribution in [-0.2, 0) is 13.0 Å². The average molecular weight is 491 g/mol. The highest BCUT2D eigenvalue weighted by Gasteiger charge is 2.22. The molecule has 1 atom stereocenters. The van der Waals surface area contributed by atoms with Gasteiger partial charge in [0.1, 0.15) is 5.82 Å². The molecule has 0 saturated carbocycles. The fourth-order valence-corrected chi connectivity index (χ4v) is 5.11. The SMILES string of the molecule is CCCCc1nc(Cl)c(C(=O)O)n1Cc1ccc(-c2cc(N3CCC[C@H](C)C3)ccc2C#N)cc1. The number of anilines is 1. The van der Waals surface area contributed by atoms with E-state index in [-0.39, 0.29) is 10.8 Å². The first-order chi connectivity index (χ1) is 16.9. The summed E-state index contributed by atoms with van der Waals surface area (Å²) in [4.78, 5) is 18.6. The van der Waals surface area contributed by atoms with Crippen LogP contribution in [0.15, 0.2) is 42.5 Å². The minimum atomic E-state index is -1.08. The number of hydrogen-bond donors (Lipinski definition) is 1. The summed E-state index contributed by atoms with van der Waals surface area (Å²) in [5.41, 5.74) is 4.64. The number of unbranched alkanes of at least 4 members (excludes halogenated alkanes) is 1. The Morgan fingerprint density at radius 2 is 2.03 bits per heavy atom. The first-order valence-corrected chi connectivity index (χ1v) is 12.7. The third-order valence-corrected chi connectivity index (χ3v) is 6.98. The van der Waals surface area contributed by atoms with Crippen molar-refractivity contribution in [3.8, 4) is 17.2 Å². The third kappa shape index (κ3) is 5.52. The second kappa shape index (κ2) is 11.0. The van der Waals surface area contributed by atoms with E-state index >= 15 is 0 Å². The molecule has 0 spiro atoms. The molecule has 2 aromatic carbocycles. The van der Waals surface area contributed by atoms with E-state index in [0.717, 1.165) is 48.3 Å². The summed E-state index contributed by atoms with van der Waals surface area (Å²) >= 11 is 6.17. The largest absolute Gasteiger partial charge is 0.476 e. The first kappa shape index (κ1) is 24.8. The Bertz CT molecular complexity index is 1240. The lowest BCUT2D eigenvalue weighted by molar-refractivity contribution is 0.0685. The molecule has 6 nitrogen and oxygen atoms in total. The topological polar surface area (TPSA) is 82.2 Å². The van der Waals surface area contributed by atoms with Crippen LogP contribution in [0, 0.1) is 17.2 Å². The molecule has 0 radical (unpaired) electrons. The highest BCUT2D eigenvalue weighted by molar-refractivity contribution is 6.32. The van der Waals surface area contributed by atoms with Crippen molar-refractivity contribution in [3.63, 3.8) is 0 Å². The molecular weight excluding hydrogens is 460 g/mol. The quantitative estimate of drug-likeness (QED) is 0.395. The number of carboxylic acid groups (broad SMARTS) is 1. The number of nitrogens with zero attached hydrogens (tertiary/aromatic N) is 4. The molecule has 0 aliphatic carbocycles. The summed E-state index contributed by atoms with van der Waals surface area (Å²) in [6, 6.07) is 16.4. The Balaban J connectivity index is 1.62. The van der Waals surface area contributed by atoms with Gasteiger partial charge in [-0.25, -0.2) is 9.78 Å². The fraction of sp³-hybridized carbons (Fsp3) is 0.393. The van der Waals surface area contributed by atoms with Gasteiger partial charge in [0.15, 0.2) is 10.8 Å². The Morgan fingerprint density at radius 1 is 1.26 bits per heavy atom. The second-order valence-corrected chi connectivity index (χ2v) is 9.75. The molecular formula is C28H31ClN4O2. The van der Waals surface area contributed by atoms with Crippen LogP contribution in [0.2, 0.25) is 5.15 Å². The van der Waals surface area contributed by atoms with Gasteiger partial charge in [-0.05, 0) is 54.5 Å². The average Bonchev–Trinajstić information content (AvgIpc) is 3.17. The van der Waals surface area contributed by atoms with Gasteiger partial charge in [0.25, 0.3) is 0 Å². The smallest absolute Gasteiger partial charge is 0.355 e. The van der Waals surface area contributed by atoms with Crippen molar-refractivity contribution in [2.45, 2.75) is 52.5 Å². The molecule has 3 aromatic rings. The zero-order valence-corrected chi connectivity index (χ0v) is 21.1. The van der Waals surface area contributed by atoms with Crippen LogP contribution >= 0.6 is 11.6 Å². The van der Waals surface area contributed by atoms with Gasteiger partial charge >= 0.3 is 5.97 Å². The molecule has 1 aliphatic rings. The summed E-state index contributed by atoms with van der Waals surface area (Å²) in [5, 5.41) is 19.4. The minimum absolute atomic E-state index is 0.0251. The molecule has 2 heterocycles. The zero-order valence-electron chi connectivity index (χ0n) is 20.3. The number of halogens is 1. The highest BCUT2D eigenvalue weighted by atomic mass is 35.5. The number of nitriles is 1. The predicted molar refractivity (Wildman–Crippen MR) is 139 cm³/mol. The molecule has 1 aromatic heterocycles. The van der Waals surface area contributed by atoms with E-state index in [4.69, 9.17) is 11.6 Å². The maximum Gasteiger partial charge on any atom is 0.355 e. The molecule has 0 amide bonds. The number of piperidine rings is 1. The summed E-state index contributed by atoms with van der Waals surface area (Å²) < 4.78 is 1.70. The lowest BCUT2D eigenvalue weighted by Crippen LogP contribution is -2.34. The molecule has 0 bridgehead atoms. The van der Waals surface area contributed by atoms with Gasteiger partial charge < -0.3 is 14.6 Å². The van der Waals surface area contributed by atoms with E-state index in [1.807, 2.05) is 36.4 Å². The number of carboxylic acids is 1.